The maximum atomic E-state index is 8.08. The Hall–Kier alpha value is -1.15. The summed E-state index contributed by atoms with van der Waals surface area (Å²) in [4.78, 5) is 2.61. The molecule has 6 heteroatoms. The quantitative estimate of drug-likeness (QED) is 0.213. The molecule has 0 radical (unpaired) electrons. The molecule has 0 aromatic carbocycles. The Balaban J connectivity index is 2.41. The number of ether oxygens (including phenoxy) is 2. The normalized spacial score (nSPS) is 30.6. The molecule has 1 saturated heterocycles. The van der Waals surface area contributed by atoms with Gasteiger partial charge in [-0.1, -0.05) is 5.11 Å². The van der Waals surface area contributed by atoms with E-state index in [0.717, 1.165) is 6.42 Å². The van der Waals surface area contributed by atoms with E-state index < -0.39 is 0 Å². The summed E-state index contributed by atoms with van der Waals surface area (Å²) in [6.07, 6.45) is 6.42. The van der Waals surface area contributed by atoms with Crippen LogP contribution in [0.4, 0.5) is 0 Å². The van der Waals surface area contributed by atoms with Gasteiger partial charge in [-0.2, -0.15) is 0 Å². The van der Waals surface area contributed by atoms with E-state index in [1.54, 1.807) is 0 Å². The highest BCUT2D eigenvalue weighted by Gasteiger charge is 2.32. The average molecular weight is 193 g/mol. The molecule has 74 valence electrons. The van der Waals surface area contributed by atoms with Gasteiger partial charge in [0.2, 0.25) is 0 Å². The number of hydrogen-bond acceptors (Lipinski definition) is 3. The number of rotatable bonds is 4. The van der Waals surface area contributed by atoms with E-state index in [2.05, 4.69) is 15.9 Å². The Morgan fingerprint density at radius 2 is 2.57 bits per heavy atom. The van der Waals surface area contributed by atoms with Crippen LogP contribution in [0.3, 0.4) is 0 Å². The maximum Gasteiger partial charge on any atom is 0.139 e. The molecule has 0 amide bonds. The van der Waals surface area contributed by atoms with Crippen LogP contribution in [0.5, 0.6) is 0 Å². The van der Waals surface area contributed by atoms with Crippen molar-refractivity contribution in [3.8, 4) is 12.3 Å². The number of terminal acetylenes is 1. The predicted molar refractivity (Wildman–Crippen MR) is 54.2 cm³/mol. The van der Waals surface area contributed by atoms with E-state index in [9.17, 15) is 0 Å². The van der Waals surface area contributed by atoms with Crippen molar-refractivity contribution in [2.24, 2.45) is 5.11 Å². The molecule has 0 bridgehead atoms. The fraction of sp³-hybridized carbons (Fsp3) is 0.750. The van der Waals surface area contributed by atoms with Gasteiger partial charge in [0, 0.05) is 17.3 Å². The Labute approximate surface area is 83.8 Å². The van der Waals surface area contributed by atoms with Crippen LogP contribution in [-0.4, -0.2) is 32.8 Å². The second-order valence-corrected chi connectivity index (χ2v) is 3.19. The molecule has 3 atom stereocenters. The third-order valence-electron chi connectivity index (χ3n) is 2.11. The molecule has 1 aliphatic heterocycles. The minimum atomic E-state index is -0.0658. The van der Waals surface area contributed by atoms with Gasteiger partial charge < -0.3 is 9.47 Å². The Bertz CT molecular complexity index is 272. The van der Waals surface area contributed by atoms with Crippen LogP contribution in [0.2, 0.25) is 0 Å². The van der Waals surface area contributed by atoms with Crippen LogP contribution < -0.4 is 0 Å². The summed E-state index contributed by atoms with van der Waals surface area (Å²) >= 11 is 0. The lowest BCUT2D eigenvalue weighted by Crippen LogP contribution is -2.24. The molecule has 0 aliphatic carbocycles. The molecule has 0 spiro atoms. The van der Waals surface area contributed by atoms with Gasteiger partial charge in [0.25, 0.3) is 0 Å². The molecule has 0 aromatic heterocycles. The van der Waals surface area contributed by atoms with E-state index in [0.29, 0.717) is 6.42 Å². The summed E-state index contributed by atoms with van der Waals surface area (Å²) in [5.74, 6) is 2.54. The summed E-state index contributed by atoms with van der Waals surface area (Å²) in [7, 11) is 1.97. The third-order valence-corrected chi connectivity index (χ3v) is 2.11. The van der Waals surface area contributed by atoms with Crippen LogP contribution in [0, 0.1) is 12.3 Å². The number of nitrogens with zero attached hydrogens (tertiary/aromatic N) is 3. The van der Waals surface area contributed by atoms with Gasteiger partial charge in [-0.25, -0.2) is 0 Å². The summed E-state index contributed by atoms with van der Waals surface area (Å²) in [5, 5.41) is 3.31. The minimum Gasteiger partial charge on any atom is -0.380 e. The van der Waals surface area contributed by atoms with Gasteiger partial charge in [0.05, 0.1) is 12.2 Å². The van der Waals surface area contributed by atoms with Crippen LogP contribution >= 0.6 is 0 Å². The fourth-order valence-corrected chi connectivity index (χ4v) is 1.55. The first-order valence-corrected chi connectivity index (χ1v) is 4.49. The minimum absolute atomic E-state index is 0.0400. The maximum absolute atomic E-state index is 8.08. The van der Waals surface area contributed by atoms with Crippen LogP contribution in [0.25, 0.3) is 10.4 Å². The summed E-state index contributed by atoms with van der Waals surface area (Å²) in [5.41, 5.74) is 8.08. The summed E-state index contributed by atoms with van der Waals surface area (Å²) in [6, 6.07) is 0.157. The van der Waals surface area contributed by atoms with Crippen molar-refractivity contribution < 1.29 is 9.47 Å². The lowest BCUT2D eigenvalue weighted by molar-refractivity contribution is -0.00759. The number of azide groups is 1. The first kappa shape index (κ1) is 10.9. The highest BCUT2D eigenvalue weighted by atomic mass is 16.6. The molecule has 0 N–H and O–H groups in total. The van der Waals surface area contributed by atoms with Crippen molar-refractivity contribution in [3.05, 3.63) is 10.4 Å². The van der Waals surface area contributed by atoms with E-state index in [1.807, 2.05) is 7.85 Å². The largest absolute Gasteiger partial charge is 0.380 e. The molecule has 1 heterocycles. The lowest BCUT2D eigenvalue weighted by atomic mass is 9.96. The Kier molecular flexibility index (Phi) is 4.34. The second-order valence-electron chi connectivity index (χ2n) is 3.19. The predicted octanol–water partition coefficient (Wildman–Crippen LogP) is 0.411. The van der Waals surface area contributed by atoms with Gasteiger partial charge in [0.1, 0.15) is 14.6 Å². The molecular weight excluding hydrogens is 181 g/mol. The fourth-order valence-electron chi connectivity index (χ4n) is 1.55. The van der Waals surface area contributed by atoms with Gasteiger partial charge in [-0.3, -0.25) is 0 Å². The van der Waals surface area contributed by atoms with Crippen molar-refractivity contribution in [1.82, 2.24) is 0 Å². The van der Waals surface area contributed by atoms with Gasteiger partial charge >= 0.3 is 0 Å². The SMILES string of the molecule is BC1CC(OCN=[N+]=[N-])C(CC#C)O1. The smallest absolute Gasteiger partial charge is 0.139 e. The Morgan fingerprint density at radius 3 is 3.21 bits per heavy atom. The number of hydrogen-bond donors (Lipinski definition) is 0. The van der Waals surface area contributed by atoms with Crippen LogP contribution in [0.1, 0.15) is 12.8 Å². The van der Waals surface area contributed by atoms with E-state index in [1.165, 1.54) is 0 Å². The van der Waals surface area contributed by atoms with E-state index >= 15 is 0 Å². The molecule has 1 rings (SSSR count). The zero-order valence-corrected chi connectivity index (χ0v) is 8.09. The first-order valence-electron chi connectivity index (χ1n) is 4.49. The highest BCUT2D eigenvalue weighted by Crippen LogP contribution is 2.23. The monoisotopic (exact) mass is 193 g/mol. The van der Waals surface area contributed by atoms with Gasteiger partial charge in [-0.15, -0.1) is 12.3 Å². The highest BCUT2D eigenvalue weighted by molar-refractivity contribution is 6.11. The molecule has 1 aliphatic rings. The Morgan fingerprint density at radius 1 is 1.79 bits per heavy atom. The second kappa shape index (κ2) is 5.56. The zero-order valence-electron chi connectivity index (χ0n) is 8.09. The van der Waals surface area contributed by atoms with Crippen molar-refractivity contribution in [1.29, 1.82) is 0 Å². The van der Waals surface area contributed by atoms with Crippen molar-refractivity contribution >= 4 is 7.85 Å². The van der Waals surface area contributed by atoms with Crippen LogP contribution in [-0.2, 0) is 9.47 Å². The zero-order chi connectivity index (χ0) is 10.4. The molecule has 0 saturated carbocycles. The average Bonchev–Trinajstić information content (AvgIpc) is 2.48. The van der Waals surface area contributed by atoms with E-state index in [4.69, 9.17) is 21.4 Å². The first-order chi connectivity index (χ1) is 6.77. The van der Waals surface area contributed by atoms with Crippen molar-refractivity contribution in [2.75, 3.05) is 6.73 Å². The van der Waals surface area contributed by atoms with E-state index in [-0.39, 0.29) is 24.9 Å². The van der Waals surface area contributed by atoms with Gasteiger partial charge in [0.15, 0.2) is 0 Å². The van der Waals surface area contributed by atoms with Crippen LogP contribution in [0.15, 0.2) is 5.11 Å². The summed E-state index contributed by atoms with van der Waals surface area (Å²) in [6.45, 7) is 0.0400. The lowest BCUT2D eigenvalue weighted by Gasteiger charge is -2.15. The van der Waals surface area contributed by atoms with Crippen molar-refractivity contribution in [2.45, 2.75) is 31.1 Å². The van der Waals surface area contributed by atoms with Gasteiger partial charge in [-0.05, 0) is 12.0 Å². The molecule has 0 aromatic rings. The molecule has 3 unspecified atom stereocenters. The van der Waals surface area contributed by atoms with Crippen molar-refractivity contribution in [3.63, 3.8) is 0 Å². The molecule has 14 heavy (non-hydrogen) atoms. The molecule has 5 nitrogen and oxygen atoms in total. The molecule has 1 fully saturated rings. The molecular formula is C8H12BN3O2. The topological polar surface area (TPSA) is 67.2 Å². The summed E-state index contributed by atoms with van der Waals surface area (Å²) < 4.78 is 10.9. The third kappa shape index (κ3) is 2.97. The standard InChI is InChI=1S/C8H12BN3O2/c1-2-3-6-7(4-8(9)14-6)13-5-11-12-10/h1,6-8H,3-5,9H2.